The van der Waals surface area contributed by atoms with Crippen LogP contribution in [-0.4, -0.2) is 12.6 Å². The highest BCUT2D eigenvalue weighted by atomic mass is 35.5. The monoisotopic (exact) mass is 768 g/mol. The Kier molecular flexibility index (Phi) is 3.56. The SMILES string of the molecule is [2H]c1c([2H])c([2H])c([Si](c2c([2H])c([2H])c([2H])c([2H])c2[2H])(c2c([2H])c([2H])c([2H])c([2H])c2[2H])c2c([2H])c([2H])c([2H])c([2H])c2-c2c([2H])c([2H])c([2H])c(Oc3cc(-n4c5c([2H])c([2H])c([2H])c([2H])c5c5c([2H])c([2H])c([2H])c([2H])c54)cc(Cl)c3Cl)c2[2H])c([2H])c1[2H]. The van der Waals surface area contributed by atoms with E-state index < -0.39 is 260 Å². The Hall–Kier alpha value is -5.84. The number of nitrogens with zero attached hydrogens (tertiary/aromatic N) is 1. The number of rotatable bonds is 8. The highest BCUT2D eigenvalue weighted by Gasteiger charge is 2.42. The van der Waals surface area contributed by atoms with Gasteiger partial charge in [-0.3, -0.25) is 0 Å². The first-order valence-electron chi connectivity index (χ1n) is 30.6. The normalized spacial score (nSPS) is 19.8. The highest BCUT2D eigenvalue weighted by Crippen LogP contribution is 2.40. The van der Waals surface area contributed by atoms with E-state index in [-0.39, 0.29) is 16.5 Å². The summed E-state index contributed by atoms with van der Waals surface area (Å²) in [6.45, 7) is 0. The van der Waals surface area contributed by atoms with Gasteiger partial charge in [0.15, 0.2) is 8.07 Å². The summed E-state index contributed by atoms with van der Waals surface area (Å²) in [6, 6.07) is -33.1. The molecule has 9 rings (SSSR count). The quantitative estimate of drug-likeness (QED) is 0.111. The van der Waals surface area contributed by atoms with Crippen LogP contribution < -0.4 is 25.5 Å². The third-order valence-corrected chi connectivity index (χ3v) is 12.9. The number of hydrogen-bond acceptors (Lipinski definition) is 1. The first-order chi connectivity index (χ1) is 39.0. The minimum atomic E-state index is -6.55. The molecule has 0 saturated carbocycles. The predicted molar refractivity (Wildman–Crippen MR) is 226 cm³/mol. The molecule has 0 amide bonds. The first kappa shape index (κ1) is 13.5. The van der Waals surface area contributed by atoms with Crippen molar-refractivity contribution in [2.24, 2.45) is 0 Å². The van der Waals surface area contributed by atoms with Crippen molar-refractivity contribution in [3.05, 3.63) is 209 Å². The van der Waals surface area contributed by atoms with E-state index in [1.54, 1.807) is 0 Å². The second kappa shape index (κ2) is 13.9. The Morgan fingerprint density at radius 1 is 0.509 bits per heavy atom. The molecule has 0 aliphatic carbocycles. The summed E-state index contributed by atoms with van der Waals surface area (Å²) in [7, 11) is -6.55. The van der Waals surface area contributed by atoms with Gasteiger partial charge < -0.3 is 9.30 Å². The van der Waals surface area contributed by atoms with Crippen LogP contribution in [0, 0.1) is 0 Å². The fourth-order valence-corrected chi connectivity index (χ4v) is 10.1. The van der Waals surface area contributed by atoms with Crippen molar-refractivity contribution in [3.8, 4) is 28.3 Å². The zero-order chi connectivity index (χ0) is 62.8. The van der Waals surface area contributed by atoms with Crippen molar-refractivity contribution >= 4 is 73.8 Å². The van der Waals surface area contributed by atoms with Gasteiger partial charge in [0.05, 0.1) is 64.2 Å². The Morgan fingerprint density at radius 2 is 1.02 bits per heavy atom. The number of para-hydroxylation sites is 2. The molecule has 8 aromatic carbocycles. The summed E-state index contributed by atoms with van der Waals surface area (Å²) < 4.78 is 288. The average Bonchev–Trinajstić information content (AvgIpc) is 0.736. The molecule has 0 spiro atoms. The molecule has 0 fully saturated rings. The molecule has 0 aliphatic rings. The van der Waals surface area contributed by atoms with Crippen LogP contribution in [0.4, 0.5) is 0 Å². The maximum Gasteiger partial charge on any atom is 0.180 e. The van der Waals surface area contributed by atoms with Crippen molar-refractivity contribution in [2.45, 2.75) is 0 Å². The molecule has 1 aromatic heterocycles. The summed E-state index contributed by atoms with van der Waals surface area (Å²) in [5.41, 5.74) is -3.55. The summed E-state index contributed by atoms with van der Waals surface area (Å²) in [6.07, 6.45) is 0. The third kappa shape index (κ3) is 5.75. The predicted octanol–water partition coefficient (Wildman–Crippen LogP) is 10.9. The Morgan fingerprint density at radius 3 is 1.60 bits per heavy atom. The molecule has 0 bridgehead atoms. The van der Waals surface area contributed by atoms with Gasteiger partial charge >= 0.3 is 0 Å². The minimum absolute atomic E-state index is 0.318. The van der Waals surface area contributed by atoms with Gasteiger partial charge in [-0.05, 0) is 62.1 Å². The molecule has 0 aliphatic heterocycles. The van der Waals surface area contributed by atoms with Crippen molar-refractivity contribution in [2.75, 3.05) is 0 Å². The van der Waals surface area contributed by atoms with Crippen LogP contribution in [0.2, 0.25) is 10.0 Å². The van der Waals surface area contributed by atoms with E-state index in [1.165, 1.54) is 0 Å². The number of fused-ring (bicyclic) bond motifs is 3. The number of aromatic nitrogens is 1. The molecule has 0 unspecified atom stereocenters. The topological polar surface area (TPSA) is 14.2 Å². The second-order valence-electron chi connectivity index (χ2n) is 10.8. The van der Waals surface area contributed by atoms with Crippen molar-refractivity contribution < 1.29 is 47.2 Å². The largest absolute Gasteiger partial charge is 0.456 e. The van der Waals surface area contributed by atoms with Gasteiger partial charge in [-0.15, -0.1) is 0 Å². The van der Waals surface area contributed by atoms with Gasteiger partial charge in [0.1, 0.15) is 16.5 Å². The summed E-state index contributed by atoms with van der Waals surface area (Å²) in [5.74, 6) is -1.84. The highest BCUT2D eigenvalue weighted by molar-refractivity contribution is 7.20. The molecule has 0 saturated heterocycles. The summed E-state index contributed by atoms with van der Waals surface area (Å²) in [4.78, 5) is 0. The van der Waals surface area contributed by atoms with E-state index in [9.17, 15) is 15.1 Å². The van der Waals surface area contributed by atoms with Gasteiger partial charge in [0.2, 0.25) is 0 Å². The molecule has 5 heteroatoms. The third-order valence-electron chi connectivity index (χ3n) is 8.02. The Balaban J connectivity index is 1.51. The summed E-state index contributed by atoms with van der Waals surface area (Å²) >= 11 is 13.5. The van der Waals surface area contributed by atoms with Gasteiger partial charge in [0.25, 0.3) is 0 Å². The van der Waals surface area contributed by atoms with E-state index >= 15 is 0 Å². The van der Waals surface area contributed by atoms with Crippen LogP contribution in [0.15, 0.2) is 199 Å². The fourth-order valence-electron chi connectivity index (χ4n) is 5.89. The fraction of sp³-hybridized carbons (Fsp3) is 0. The van der Waals surface area contributed by atoms with Gasteiger partial charge in [0, 0.05) is 16.8 Å². The van der Waals surface area contributed by atoms with Gasteiger partial charge in [-0.1, -0.05) is 186 Å². The molecular formula is C48H33Cl2NOSi. The average molecular weight is 770 g/mol. The number of halogens is 2. The van der Waals surface area contributed by atoms with Crippen LogP contribution >= 0.6 is 23.2 Å². The summed E-state index contributed by atoms with van der Waals surface area (Å²) in [5, 5.41) is -6.69. The molecular weight excluding hydrogens is 706 g/mol. The molecule has 53 heavy (non-hydrogen) atoms. The van der Waals surface area contributed by atoms with Crippen LogP contribution in [0.25, 0.3) is 38.6 Å². The Bertz CT molecular complexity index is 4200. The zero-order valence-corrected chi connectivity index (χ0v) is 28.8. The van der Waals surface area contributed by atoms with Crippen molar-refractivity contribution in [3.63, 3.8) is 0 Å². The first-order valence-corrected chi connectivity index (χ1v) is 17.9. The van der Waals surface area contributed by atoms with Crippen LogP contribution in [0.3, 0.4) is 0 Å². The molecule has 0 N–H and O–H groups in total. The van der Waals surface area contributed by atoms with E-state index in [4.69, 9.17) is 55.4 Å². The number of ether oxygens (including phenoxy) is 1. The molecule has 254 valence electrons. The van der Waals surface area contributed by atoms with E-state index in [0.29, 0.717) is 0 Å². The maximum atomic E-state index is 9.87. The smallest absolute Gasteiger partial charge is 0.180 e. The van der Waals surface area contributed by atoms with Crippen LogP contribution in [0.5, 0.6) is 11.5 Å². The molecule has 0 atom stereocenters. The minimum Gasteiger partial charge on any atom is -0.456 e. The molecule has 0 radical (unpaired) electrons. The maximum absolute atomic E-state index is 9.87. The number of benzene rings is 8. The van der Waals surface area contributed by atoms with Crippen LogP contribution in [-0.2, 0) is 0 Å². The molecule has 2 nitrogen and oxygen atoms in total. The van der Waals surface area contributed by atoms with E-state index in [0.717, 1.165) is 16.7 Å². The lowest BCUT2D eigenvalue weighted by molar-refractivity contribution is 0.483. The van der Waals surface area contributed by atoms with Crippen molar-refractivity contribution in [1.82, 2.24) is 4.57 Å². The lowest BCUT2D eigenvalue weighted by atomic mass is 10.1. The second-order valence-corrected chi connectivity index (χ2v) is 15.1. The van der Waals surface area contributed by atoms with Crippen LogP contribution in [0.1, 0.15) is 42.5 Å². The zero-order valence-electron chi connectivity index (χ0n) is 57.3. The van der Waals surface area contributed by atoms with E-state index in [2.05, 4.69) is 0 Å². The van der Waals surface area contributed by atoms with Crippen molar-refractivity contribution in [1.29, 1.82) is 0 Å². The van der Waals surface area contributed by atoms with Gasteiger partial charge in [-0.2, -0.15) is 0 Å². The molecule has 9 aromatic rings. The lowest BCUT2D eigenvalue weighted by Gasteiger charge is -2.36. The van der Waals surface area contributed by atoms with Gasteiger partial charge in [-0.25, -0.2) is 0 Å². The lowest BCUT2D eigenvalue weighted by Crippen LogP contribution is -2.75. The standard InChI is InChI=1S/C48H33Cl2NOSi/c49-43-32-35(51-44-28-13-10-26-41(44)42-27-11-14-29-45(42)51)33-46(48(43)50)52-36-18-16-17-34(31-36)40-25-12-15-30-47(40)53(37-19-4-1-5-20-37,38-21-6-2-7-22-38)39-23-8-3-9-24-39/h1-33H/i1D,2D,3D,4D,5D,6D,7D,8D,9D,10D,11D,12D,13D,14D,15D,16D,17D,18D,19D,20D,21D,22D,23D,24D,25D,26D,27D,28D,29D,30D,31D. The number of hydrogen-bond donors (Lipinski definition) is 0. The Labute approximate surface area is 363 Å². The molecule has 1 heterocycles. The van der Waals surface area contributed by atoms with E-state index in [1.807, 2.05) is 0 Å².